The summed E-state index contributed by atoms with van der Waals surface area (Å²) >= 11 is 0. The number of likely N-dealkylation sites (N-methyl/N-ethyl adjacent to an activating group) is 1. The van der Waals surface area contributed by atoms with Crippen LogP contribution in [0.15, 0.2) is 0 Å². The molecule has 0 aromatic heterocycles. The van der Waals surface area contributed by atoms with Crippen molar-refractivity contribution in [3.8, 4) is 0 Å². The van der Waals surface area contributed by atoms with Gasteiger partial charge in [-0.2, -0.15) is 0 Å². The largest absolute Gasteiger partial charge is 0.315 e. The molecule has 0 aromatic rings. The first kappa shape index (κ1) is 15.9. The average Bonchev–Trinajstić information content (AvgIpc) is 2.68. The molecule has 1 aliphatic heterocycles. The zero-order chi connectivity index (χ0) is 13.2. The lowest BCUT2D eigenvalue weighted by Gasteiger charge is -2.28. The Kier molecular flexibility index (Phi) is 8.64. The fraction of sp³-hybridized carbons (Fsp3) is 1.00. The summed E-state index contributed by atoms with van der Waals surface area (Å²) in [5, 5.41) is 3.47. The number of rotatable bonds is 8. The lowest BCUT2D eigenvalue weighted by atomic mass is 10.0. The molecule has 1 N–H and O–H groups in total. The van der Waals surface area contributed by atoms with Crippen LogP contribution < -0.4 is 5.32 Å². The quantitative estimate of drug-likeness (QED) is 0.716. The van der Waals surface area contributed by atoms with Crippen LogP contribution in [0.4, 0.5) is 0 Å². The number of hydrogen-bond donors (Lipinski definition) is 1. The van der Waals surface area contributed by atoms with Crippen LogP contribution in [0.25, 0.3) is 0 Å². The summed E-state index contributed by atoms with van der Waals surface area (Å²) in [6, 6.07) is 0. The minimum Gasteiger partial charge on any atom is -0.315 e. The number of nitrogens with zero attached hydrogens (tertiary/aromatic N) is 2. The molecule has 0 saturated carbocycles. The molecule has 1 aliphatic rings. The summed E-state index contributed by atoms with van der Waals surface area (Å²) < 4.78 is 0. The van der Waals surface area contributed by atoms with Crippen molar-refractivity contribution in [1.29, 1.82) is 0 Å². The highest BCUT2D eigenvalue weighted by Gasteiger charge is 2.12. The first-order valence-corrected chi connectivity index (χ1v) is 7.95. The molecule has 1 heterocycles. The van der Waals surface area contributed by atoms with Gasteiger partial charge in [0.25, 0.3) is 0 Å². The first-order chi connectivity index (χ1) is 8.80. The molecule has 3 nitrogen and oxygen atoms in total. The second kappa shape index (κ2) is 9.76. The maximum Gasteiger partial charge on any atom is 0.0110 e. The van der Waals surface area contributed by atoms with Crippen LogP contribution in [0.5, 0.6) is 0 Å². The Labute approximate surface area is 114 Å². The Hall–Kier alpha value is -0.120. The molecule has 0 aromatic carbocycles. The normalized spacial score (nSPS) is 18.5. The molecule has 18 heavy (non-hydrogen) atoms. The molecule has 108 valence electrons. The van der Waals surface area contributed by atoms with Crippen molar-refractivity contribution < 1.29 is 0 Å². The molecule has 1 fully saturated rings. The maximum atomic E-state index is 3.47. The Morgan fingerprint density at radius 3 is 2.56 bits per heavy atom. The van der Waals surface area contributed by atoms with E-state index >= 15 is 0 Å². The Morgan fingerprint density at radius 2 is 1.89 bits per heavy atom. The molecular formula is C15H33N3. The van der Waals surface area contributed by atoms with Crippen molar-refractivity contribution in [2.24, 2.45) is 5.92 Å². The molecular weight excluding hydrogens is 222 g/mol. The number of nitrogens with one attached hydrogen (secondary N) is 1. The van der Waals surface area contributed by atoms with Crippen LogP contribution in [0.1, 0.15) is 40.0 Å². The molecule has 0 amide bonds. The highest BCUT2D eigenvalue weighted by atomic mass is 15.2. The van der Waals surface area contributed by atoms with Crippen LogP contribution in [0.2, 0.25) is 0 Å². The van der Waals surface area contributed by atoms with E-state index in [1.165, 1.54) is 71.6 Å². The second-order valence-corrected chi connectivity index (χ2v) is 5.52. The SMILES string of the molecule is CCC(CC)CN(CC)CCN1CCCNCC1. The van der Waals surface area contributed by atoms with E-state index in [2.05, 4.69) is 35.9 Å². The van der Waals surface area contributed by atoms with E-state index in [-0.39, 0.29) is 0 Å². The summed E-state index contributed by atoms with van der Waals surface area (Å²) in [6.07, 6.45) is 3.94. The molecule has 0 aliphatic carbocycles. The van der Waals surface area contributed by atoms with Crippen LogP contribution in [-0.4, -0.2) is 62.2 Å². The third kappa shape index (κ3) is 6.17. The van der Waals surface area contributed by atoms with Gasteiger partial charge in [0.15, 0.2) is 0 Å². The lowest BCUT2D eigenvalue weighted by molar-refractivity contribution is 0.191. The molecule has 0 atom stereocenters. The first-order valence-electron chi connectivity index (χ1n) is 7.95. The Bertz CT molecular complexity index is 184. The summed E-state index contributed by atoms with van der Waals surface area (Å²) in [7, 11) is 0. The highest BCUT2D eigenvalue weighted by molar-refractivity contribution is 4.69. The van der Waals surface area contributed by atoms with E-state index in [1.54, 1.807) is 0 Å². The molecule has 1 rings (SSSR count). The minimum absolute atomic E-state index is 0.885. The van der Waals surface area contributed by atoms with E-state index in [4.69, 9.17) is 0 Å². The molecule has 0 spiro atoms. The van der Waals surface area contributed by atoms with E-state index in [0.717, 1.165) is 5.92 Å². The van der Waals surface area contributed by atoms with E-state index in [1.807, 2.05) is 0 Å². The highest BCUT2D eigenvalue weighted by Crippen LogP contribution is 2.09. The minimum atomic E-state index is 0.885. The standard InChI is InChI=1S/C15H33N3/c1-4-15(5-2)14-17(6-3)12-13-18-10-7-8-16-9-11-18/h15-16H,4-14H2,1-3H3. The van der Waals surface area contributed by atoms with Crippen molar-refractivity contribution in [2.75, 3.05) is 52.4 Å². The van der Waals surface area contributed by atoms with E-state index < -0.39 is 0 Å². The van der Waals surface area contributed by atoms with Crippen molar-refractivity contribution in [3.05, 3.63) is 0 Å². The third-order valence-corrected chi connectivity index (χ3v) is 4.28. The van der Waals surface area contributed by atoms with E-state index in [0.29, 0.717) is 0 Å². The van der Waals surface area contributed by atoms with Gasteiger partial charge in [-0.05, 0) is 32.0 Å². The summed E-state index contributed by atoms with van der Waals surface area (Å²) in [5.74, 6) is 0.885. The molecule has 0 radical (unpaired) electrons. The summed E-state index contributed by atoms with van der Waals surface area (Å²) in [5.41, 5.74) is 0. The zero-order valence-electron chi connectivity index (χ0n) is 12.7. The van der Waals surface area contributed by atoms with E-state index in [9.17, 15) is 0 Å². The van der Waals surface area contributed by atoms with Gasteiger partial charge in [-0.1, -0.05) is 33.6 Å². The maximum absolute atomic E-state index is 3.47. The average molecular weight is 255 g/mol. The van der Waals surface area contributed by atoms with Crippen molar-refractivity contribution >= 4 is 0 Å². The van der Waals surface area contributed by atoms with Gasteiger partial charge in [0, 0.05) is 32.7 Å². The van der Waals surface area contributed by atoms with Crippen LogP contribution in [-0.2, 0) is 0 Å². The summed E-state index contributed by atoms with van der Waals surface area (Å²) in [6.45, 7) is 16.8. The van der Waals surface area contributed by atoms with Gasteiger partial charge in [-0.3, -0.25) is 0 Å². The number of hydrogen-bond acceptors (Lipinski definition) is 3. The smallest absolute Gasteiger partial charge is 0.0110 e. The van der Waals surface area contributed by atoms with Crippen LogP contribution in [0, 0.1) is 5.92 Å². The monoisotopic (exact) mass is 255 g/mol. The predicted molar refractivity (Wildman–Crippen MR) is 80.1 cm³/mol. The van der Waals surface area contributed by atoms with Gasteiger partial charge >= 0.3 is 0 Å². The summed E-state index contributed by atoms with van der Waals surface area (Å²) in [4.78, 5) is 5.26. The molecule has 1 saturated heterocycles. The second-order valence-electron chi connectivity index (χ2n) is 5.52. The van der Waals surface area contributed by atoms with Crippen molar-refractivity contribution in [1.82, 2.24) is 15.1 Å². The third-order valence-electron chi connectivity index (χ3n) is 4.28. The lowest BCUT2D eigenvalue weighted by Crippen LogP contribution is -2.38. The van der Waals surface area contributed by atoms with Crippen LogP contribution in [0.3, 0.4) is 0 Å². The van der Waals surface area contributed by atoms with Gasteiger partial charge in [-0.15, -0.1) is 0 Å². The topological polar surface area (TPSA) is 18.5 Å². The van der Waals surface area contributed by atoms with Crippen molar-refractivity contribution in [2.45, 2.75) is 40.0 Å². The van der Waals surface area contributed by atoms with Gasteiger partial charge in [0.2, 0.25) is 0 Å². The molecule has 0 bridgehead atoms. The Morgan fingerprint density at radius 1 is 1.11 bits per heavy atom. The molecule has 0 unspecified atom stereocenters. The van der Waals surface area contributed by atoms with Gasteiger partial charge < -0.3 is 15.1 Å². The fourth-order valence-corrected chi connectivity index (χ4v) is 2.70. The zero-order valence-corrected chi connectivity index (χ0v) is 12.7. The van der Waals surface area contributed by atoms with Gasteiger partial charge in [0.05, 0.1) is 0 Å². The van der Waals surface area contributed by atoms with Gasteiger partial charge in [-0.25, -0.2) is 0 Å². The van der Waals surface area contributed by atoms with Crippen LogP contribution >= 0.6 is 0 Å². The predicted octanol–water partition coefficient (Wildman–Crippen LogP) is 2.04. The van der Waals surface area contributed by atoms with Crippen molar-refractivity contribution in [3.63, 3.8) is 0 Å². The molecule has 3 heteroatoms. The van der Waals surface area contributed by atoms with Gasteiger partial charge in [0.1, 0.15) is 0 Å². The fourth-order valence-electron chi connectivity index (χ4n) is 2.70. The Balaban J connectivity index is 2.24.